The Morgan fingerprint density at radius 2 is 2.00 bits per heavy atom. The summed E-state index contributed by atoms with van der Waals surface area (Å²) in [5.74, 6) is -0.816. The quantitative estimate of drug-likeness (QED) is 0.718. The van der Waals surface area contributed by atoms with Gasteiger partial charge in [-0.25, -0.2) is 0 Å². The van der Waals surface area contributed by atoms with Crippen LogP contribution in [0.2, 0.25) is 0 Å². The van der Waals surface area contributed by atoms with Gasteiger partial charge in [-0.2, -0.15) is 0 Å². The molecule has 24 heavy (non-hydrogen) atoms. The lowest BCUT2D eigenvalue weighted by Crippen LogP contribution is -2.53. The summed E-state index contributed by atoms with van der Waals surface area (Å²) in [4.78, 5) is 25.2. The summed E-state index contributed by atoms with van der Waals surface area (Å²) in [7, 11) is 0. The molecule has 2 N–H and O–H groups in total. The van der Waals surface area contributed by atoms with E-state index in [-0.39, 0.29) is 23.2 Å². The first kappa shape index (κ1) is 15.2. The van der Waals surface area contributed by atoms with E-state index in [2.05, 4.69) is 6.92 Å². The minimum atomic E-state index is -1.06. The molecule has 0 aromatic carbocycles. The van der Waals surface area contributed by atoms with Crippen LogP contribution in [0.25, 0.3) is 0 Å². The van der Waals surface area contributed by atoms with E-state index in [1.165, 1.54) is 0 Å². The number of fused-ring (bicyclic) bond motifs is 1. The maximum atomic E-state index is 12.7. The highest BCUT2D eigenvalue weighted by Crippen LogP contribution is 2.77. The lowest BCUT2D eigenvalue weighted by Gasteiger charge is -2.44. The number of hydrogen-bond acceptors (Lipinski definition) is 4. The van der Waals surface area contributed by atoms with Crippen LogP contribution >= 0.6 is 0 Å². The number of hydrogen-bond donors (Lipinski definition) is 2. The Bertz CT molecular complexity index is 642. The molecule has 9 atom stereocenters. The summed E-state index contributed by atoms with van der Waals surface area (Å²) in [6.45, 7) is 4.01. The van der Waals surface area contributed by atoms with Crippen LogP contribution in [0.5, 0.6) is 0 Å². The molecular weight excluding hydrogens is 308 g/mol. The number of aliphatic hydroxyl groups excluding tert-OH is 1. The van der Waals surface area contributed by atoms with Crippen molar-refractivity contribution >= 4 is 11.9 Å². The van der Waals surface area contributed by atoms with E-state index in [1.807, 2.05) is 0 Å². The van der Waals surface area contributed by atoms with Crippen LogP contribution in [0.3, 0.4) is 0 Å². The topological polar surface area (TPSA) is 83.8 Å². The van der Waals surface area contributed by atoms with Crippen LogP contribution in [-0.2, 0) is 14.3 Å². The van der Waals surface area contributed by atoms with E-state index in [0.717, 1.165) is 25.7 Å². The van der Waals surface area contributed by atoms with Gasteiger partial charge in [-0.3, -0.25) is 9.59 Å². The zero-order valence-corrected chi connectivity index (χ0v) is 14.3. The first-order valence-electron chi connectivity index (χ1n) is 9.41. The number of rotatable bonds is 1. The van der Waals surface area contributed by atoms with Crippen molar-refractivity contribution in [1.29, 1.82) is 0 Å². The Labute approximate surface area is 141 Å². The predicted molar refractivity (Wildman–Crippen MR) is 83.8 cm³/mol. The van der Waals surface area contributed by atoms with Crippen molar-refractivity contribution in [2.24, 2.45) is 40.4 Å². The third-order valence-corrected chi connectivity index (χ3v) is 8.87. The Kier molecular flexibility index (Phi) is 2.64. The molecule has 4 bridgehead atoms. The van der Waals surface area contributed by atoms with Crippen LogP contribution in [-0.4, -0.2) is 33.9 Å². The maximum Gasteiger partial charge on any atom is 0.315 e. The van der Waals surface area contributed by atoms with Gasteiger partial charge in [-0.15, -0.1) is 0 Å². The zero-order chi connectivity index (χ0) is 17.1. The Hall–Kier alpha value is -1.10. The average Bonchev–Trinajstić information content (AvgIpc) is 2.98. The van der Waals surface area contributed by atoms with Gasteiger partial charge < -0.3 is 14.9 Å². The number of carbonyl (C=O) groups is 2. The zero-order valence-electron chi connectivity index (χ0n) is 14.3. The molecule has 0 radical (unpaired) electrons. The third kappa shape index (κ3) is 1.33. The first-order valence-corrected chi connectivity index (χ1v) is 9.41. The monoisotopic (exact) mass is 334 g/mol. The lowest BCUT2D eigenvalue weighted by molar-refractivity contribution is -0.162. The molecule has 2 unspecified atom stereocenters. The molecule has 1 spiro atoms. The highest BCUT2D eigenvalue weighted by molar-refractivity contribution is 5.85. The summed E-state index contributed by atoms with van der Waals surface area (Å²) in [6, 6.07) is 0. The van der Waals surface area contributed by atoms with Crippen molar-refractivity contribution in [1.82, 2.24) is 0 Å². The van der Waals surface area contributed by atoms with Gasteiger partial charge in [0.1, 0.15) is 5.60 Å². The summed E-state index contributed by atoms with van der Waals surface area (Å²) < 4.78 is 6.04. The highest BCUT2D eigenvalue weighted by atomic mass is 16.6. The molecule has 4 aliphatic carbocycles. The van der Waals surface area contributed by atoms with Crippen LogP contribution in [0.1, 0.15) is 52.4 Å². The van der Waals surface area contributed by atoms with Crippen molar-refractivity contribution in [3.8, 4) is 0 Å². The number of esters is 1. The van der Waals surface area contributed by atoms with Gasteiger partial charge in [-0.05, 0) is 62.7 Å². The van der Waals surface area contributed by atoms with Gasteiger partial charge in [0, 0.05) is 11.8 Å². The molecule has 0 aromatic rings. The Morgan fingerprint density at radius 1 is 1.25 bits per heavy atom. The van der Waals surface area contributed by atoms with Crippen LogP contribution in [0.15, 0.2) is 0 Å². The second-order valence-corrected chi connectivity index (χ2v) is 9.48. The van der Waals surface area contributed by atoms with Crippen molar-refractivity contribution in [3.63, 3.8) is 0 Å². The Balaban J connectivity index is 1.74. The fourth-order valence-electron chi connectivity index (χ4n) is 8.08. The average molecular weight is 334 g/mol. The van der Waals surface area contributed by atoms with Gasteiger partial charge in [-0.1, -0.05) is 6.92 Å². The van der Waals surface area contributed by atoms with E-state index in [4.69, 9.17) is 4.74 Å². The highest BCUT2D eigenvalue weighted by Gasteiger charge is 2.83. The van der Waals surface area contributed by atoms with Crippen LogP contribution in [0, 0.1) is 40.4 Å². The van der Waals surface area contributed by atoms with Crippen LogP contribution < -0.4 is 0 Å². The Morgan fingerprint density at radius 3 is 2.71 bits per heavy atom. The number of carboxylic acid groups (broad SMARTS) is 1. The molecule has 1 saturated heterocycles. The van der Waals surface area contributed by atoms with Gasteiger partial charge in [0.05, 0.1) is 17.4 Å². The van der Waals surface area contributed by atoms with Crippen molar-refractivity contribution in [2.45, 2.75) is 64.1 Å². The van der Waals surface area contributed by atoms with Crippen molar-refractivity contribution < 1.29 is 24.5 Å². The number of carboxylic acids is 1. The van der Waals surface area contributed by atoms with Gasteiger partial charge >= 0.3 is 11.9 Å². The van der Waals surface area contributed by atoms with E-state index < -0.39 is 29.0 Å². The predicted octanol–water partition coefficient (Wildman–Crippen LogP) is 2.22. The van der Waals surface area contributed by atoms with E-state index in [9.17, 15) is 19.8 Å². The third-order valence-electron chi connectivity index (χ3n) is 8.87. The molecule has 5 heteroatoms. The van der Waals surface area contributed by atoms with Crippen molar-refractivity contribution in [3.05, 3.63) is 0 Å². The summed E-state index contributed by atoms with van der Waals surface area (Å²) >= 11 is 0. The molecule has 1 heterocycles. The fraction of sp³-hybridized carbons (Fsp3) is 0.895. The molecule has 132 valence electrons. The molecule has 5 nitrogen and oxygen atoms in total. The molecule has 1 aliphatic heterocycles. The molecule has 0 amide bonds. The van der Waals surface area contributed by atoms with Gasteiger partial charge in [0.25, 0.3) is 0 Å². The van der Waals surface area contributed by atoms with Gasteiger partial charge in [0.2, 0.25) is 0 Å². The normalized spacial score (nSPS) is 60.5. The number of aliphatic carboxylic acids is 1. The van der Waals surface area contributed by atoms with E-state index >= 15 is 0 Å². The second kappa shape index (κ2) is 4.17. The summed E-state index contributed by atoms with van der Waals surface area (Å²) in [5, 5.41) is 20.8. The fourth-order valence-corrected chi connectivity index (χ4v) is 8.08. The van der Waals surface area contributed by atoms with E-state index in [1.54, 1.807) is 6.92 Å². The standard InChI is InChI=1S/C19H26O5/c1-9-7-18-8-10(9)3-4-11(18)19-6-5-12(20)17(2,16(23)24-19)14(19)13(18)15(21)22/h9-14,20H,3-8H2,1-2H3,(H,21,22)/t9?,10-,11?,12+,13-,14-,17+,18+,19+/m1/s1. The molecular formula is C19H26O5. The summed E-state index contributed by atoms with van der Waals surface area (Å²) in [5.41, 5.74) is -1.96. The van der Waals surface area contributed by atoms with Gasteiger partial charge in [0.15, 0.2) is 0 Å². The lowest BCUT2D eigenvalue weighted by atomic mass is 9.59. The summed E-state index contributed by atoms with van der Waals surface area (Å²) in [6.07, 6.45) is 4.34. The van der Waals surface area contributed by atoms with Crippen LogP contribution in [0.4, 0.5) is 0 Å². The minimum absolute atomic E-state index is 0.149. The molecule has 4 saturated carbocycles. The van der Waals surface area contributed by atoms with Crippen molar-refractivity contribution in [2.75, 3.05) is 0 Å². The van der Waals surface area contributed by atoms with E-state index in [0.29, 0.717) is 24.7 Å². The largest absolute Gasteiger partial charge is 0.481 e. The number of ether oxygens (including phenoxy) is 1. The molecule has 0 aromatic heterocycles. The smallest absolute Gasteiger partial charge is 0.315 e. The molecule has 5 rings (SSSR count). The SMILES string of the molecule is CC1C[C@]23C[C@H]1CCC2[C@]12CC[C@H](O)[C@](C)(C(=O)O1)[C@H]2[C@@H]3C(=O)O. The number of aliphatic hydroxyl groups is 1. The first-order chi connectivity index (χ1) is 11.3. The minimum Gasteiger partial charge on any atom is -0.481 e. The number of carbonyl (C=O) groups excluding carboxylic acids is 1. The second-order valence-electron chi connectivity index (χ2n) is 9.48. The molecule has 5 fully saturated rings. The molecule has 5 aliphatic rings. The maximum absolute atomic E-state index is 12.7.